The molecular formula is C12H17N5O2S. The molecule has 0 saturated heterocycles. The fourth-order valence-corrected chi connectivity index (χ4v) is 3.13. The van der Waals surface area contributed by atoms with Gasteiger partial charge in [-0.25, -0.2) is 18.1 Å². The van der Waals surface area contributed by atoms with Crippen LogP contribution in [0.4, 0.5) is 5.69 Å². The molecule has 0 aliphatic rings. The SMILES string of the molecule is CCNc1cccnc1S(=O)(=O)NC(C)c1cn[nH]c1. The highest BCUT2D eigenvalue weighted by molar-refractivity contribution is 7.89. The summed E-state index contributed by atoms with van der Waals surface area (Å²) in [5.41, 5.74) is 1.25. The molecule has 0 aliphatic carbocycles. The Morgan fingerprint density at radius 2 is 2.25 bits per heavy atom. The Labute approximate surface area is 117 Å². The first kappa shape index (κ1) is 14.5. The Balaban J connectivity index is 2.27. The van der Waals surface area contributed by atoms with Crippen molar-refractivity contribution in [3.8, 4) is 0 Å². The maximum absolute atomic E-state index is 12.4. The molecule has 20 heavy (non-hydrogen) atoms. The lowest BCUT2D eigenvalue weighted by Crippen LogP contribution is -2.28. The molecule has 0 aromatic carbocycles. The second-order valence-electron chi connectivity index (χ2n) is 4.26. The number of nitrogens with one attached hydrogen (secondary N) is 3. The van der Waals surface area contributed by atoms with Gasteiger partial charge in [-0.05, 0) is 26.0 Å². The Morgan fingerprint density at radius 1 is 1.45 bits per heavy atom. The Hall–Kier alpha value is -1.93. The predicted molar refractivity (Wildman–Crippen MR) is 75.7 cm³/mol. The van der Waals surface area contributed by atoms with Crippen molar-refractivity contribution in [3.63, 3.8) is 0 Å². The highest BCUT2D eigenvalue weighted by Gasteiger charge is 2.23. The molecule has 0 fully saturated rings. The van der Waals surface area contributed by atoms with Crippen LogP contribution in [0.15, 0.2) is 35.7 Å². The van der Waals surface area contributed by atoms with Gasteiger partial charge < -0.3 is 5.32 Å². The van der Waals surface area contributed by atoms with Crippen LogP contribution < -0.4 is 10.0 Å². The van der Waals surface area contributed by atoms with E-state index in [1.807, 2.05) is 6.92 Å². The van der Waals surface area contributed by atoms with Crippen LogP contribution >= 0.6 is 0 Å². The van der Waals surface area contributed by atoms with Crippen molar-refractivity contribution >= 4 is 15.7 Å². The van der Waals surface area contributed by atoms with Crippen LogP contribution in [0.1, 0.15) is 25.5 Å². The minimum atomic E-state index is -3.70. The third kappa shape index (κ3) is 3.14. The van der Waals surface area contributed by atoms with Gasteiger partial charge in [0, 0.05) is 30.5 Å². The van der Waals surface area contributed by atoms with Gasteiger partial charge >= 0.3 is 0 Å². The molecule has 2 rings (SSSR count). The number of aromatic nitrogens is 3. The van der Waals surface area contributed by atoms with Gasteiger partial charge in [0.15, 0.2) is 5.03 Å². The minimum Gasteiger partial charge on any atom is -0.383 e. The van der Waals surface area contributed by atoms with Crippen molar-refractivity contribution < 1.29 is 8.42 Å². The third-order valence-corrected chi connectivity index (χ3v) is 4.24. The number of pyridine rings is 1. The summed E-state index contributed by atoms with van der Waals surface area (Å²) in [6.07, 6.45) is 4.69. The summed E-state index contributed by atoms with van der Waals surface area (Å²) in [5.74, 6) is 0. The van der Waals surface area contributed by atoms with Crippen LogP contribution in [-0.2, 0) is 10.0 Å². The minimum absolute atomic E-state index is 0.00260. The van der Waals surface area contributed by atoms with Gasteiger partial charge in [-0.2, -0.15) is 5.10 Å². The number of hydrogen-bond acceptors (Lipinski definition) is 5. The molecule has 108 valence electrons. The normalized spacial score (nSPS) is 13.1. The van der Waals surface area contributed by atoms with Crippen LogP contribution in [0, 0.1) is 0 Å². The first-order chi connectivity index (χ1) is 9.54. The number of anilines is 1. The second-order valence-corrected chi connectivity index (χ2v) is 5.89. The fourth-order valence-electron chi connectivity index (χ4n) is 1.78. The average molecular weight is 295 g/mol. The number of aromatic amines is 1. The van der Waals surface area contributed by atoms with Gasteiger partial charge in [0.1, 0.15) is 0 Å². The molecule has 2 aromatic rings. The van der Waals surface area contributed by atoms with Gasteiger partial charge in [0.05, 0.1) is 11.9 Å². The number of H-pyrrole nitrogens is 1. The molecule has 8 heteroatoms. The third-order valence-electron chi connectivity index (χ3n) is 2.74. The fraction of sp³-hybridized carbons (Fsp3) is 0.333. The van der Waals surface area contributed by atoms with Crippen molar-refractivity contribution in [1.82, 2.24) is 19.9 Å². The molecule has 0 spiro atoms. The van der Waals surface area contributed by atoms with Crippen molar-refractivity contribution in [1.29, 1.82) is 0 Å². The van der Waals surface area contributed by atoms with Gasteiger partial charge in [-0.1, -0.05) is 0 Å². The van der Waals surface area contributed by atoms with E-state index in [1.165, 1.54) is 6.20 Å². The summed E-state index contributed by atoms with van der Waals surface area (Å²) < 4.78 is 27.4. The van der Waals surface area contributed by atoms with E-state index in [-0.39, 0.29) is 5.03 Å². The standard InChI is InChI=1S/C12H17N5O2S/c1-3-13-11-5-4-6-14-12(11)20(18,19)17-9(2)10-7-15-16-8-10/h4-9,13,17H,3H2,1-2H3,(H,15,16). The molecule has 2 heterocycles. The molecule has 1 atom stereocenters. The summed E-state index contributed by atoms with van der Waals surface area (Å²) in [7, 11) is -3.70. The van der Waals surface area contributed by atoms with E-state index in [4.69, 9.17) is 0 Å². The topological polar surface area (TPSA) is 99.8 Å². The molecule has 3 N–H and O–H groups in total. The molecule has 0 amide bonds. The van der Waals surface area contributed by atoms with Crippen LogP contribution in [0.2, 0.25) is 0 Å². The molecule has 0 radical (unpaired) electrons. The summed E-state index contributed by atoms with van der Waals surface area (Å²) >= 11 is 0. The van der Waals surface area contributed by atoms with E-state index in [0.717, 1.165) is 5.56 Å². The van der Waals surface area contributed by atoms with Crippen molar-refractivity contribution in [2.75, 3.05) is 11.9 Å². The van der Waals surface area contributed by atoms with Crippen LogP contribution in [0.5, 0.6) is 0 Å². The van der Waals surface area contributed by atoms with Crippen LogP contribution in [0.25, 0.3) is 0 Å². The highest BCUT2D eigenvalue weighted by Crippen LogP contribution is 2.20. The largest absolute Gasteiger partial charge is 0.383 e. The number of nitrogens with zero attached hydrogens (tertiary/aromatic N) is 2. The zero-order valence-electron chi connectivity index (χ0n) is 11.3. The van der Waals surface area contributed by atoms with E-state index in [1.54, 1.807) is 31.5 Å². The average Bonchev–Trinajstić information content (AvgIpc) is 2.93. The van der Waals surface area contributed by atoms with Gasteiger partial charge in [-0.3, -0.25) is 5.10 Å². The second kappa shape index (κ2) is 6.02. The smallest absolute Gasteiger partial charge is 0.260 e. The molecule has 2 aromatic heterocycles. The lowest BCUT2D eigenvalue weighted by molar-refractivity contribution is 0.563. The van der Waals surface area contributed by atoms with Gasteiger partial charge in [0.2, 0.25) is 0 Å². The molecule has 0 saturated carbocycles. The first-order valence-corrected chi connectivity index (χ1v) is 7.73. The molecule has 1 unspecified atom stereocenters. The summed E-state index contributed by atoms with van der Waals surface area (Å²) in [5, 5.41) is 9.45. The zero-order valence-corrected chi connectivity index (χ0v) is 12.1. The Bertz CT molecular complexity index is 654. The monoisotopic (exact) mass is 295 g/mol. The Kier molecular flexibility index (Phi) is 4.35. The van der Waals surface area contributed by atoms with E-state index < -0.39 is 16.1 Å². The summed E-state index contributed by atoms with van der Waals surface area (Å²) in [6, 6.07) is 2.99. The lowest BCUT2D eigenvalue weighted by atomic mass is 10.2. The lowest BCUT2D eigenvalue weighted by Gasteiger charge is -2.14. The molecule has 0 bridgehead atoms. The van der Waals surface area contributed by atoms with Crippen molar-refractivity contribution in [2.45, 2.75) is 24.9 Å². The molecular weight excluding hydrogens is 278 g/mol. The van der Waals surface area contributed by atoms with Crippen LogP contribution in [0.3, 0.4) is 0 Å². The van der Waals surface area contributed by atoms with E-state index in [9.17, 15) is 8.42 Å². The maximum atomic E-state index is 12.4. The predicted octanol–water partition coefficient (Wildman–Crippen LogP) is 1.28. The van der Waals surface area contributed by atoms with E-state index in [2.05, 4.69) is 25.2 Å². The highest BCUT2D eigenvalue weighted by atomic mass is 32.2. The summed E-state index contributed by atoms with van der Waals surface area (Å²) in [4.78, 5) is 3.97. The number of hydrogen-bond donors (Lipinski definition) is 3. The van der Waals surface area contributed by atoms with Gasteiger partial charge in [0.25, 0.3) is 10.0 Å². The molecule has 0 aliphatic heterocycles. The molecule has 7 nitrogen and oxygen atoms in total. The number of sulfonamides is 1. The number of rotatable bonds is 6. The van der Waals surface area contributed by atoms with Crippen LogP contribution in [-0.4, -0.2) is 30.1 Å². The maximum Gasteiger partial charge on any atom is 0.260 e. The van der Waals surface area contributed by atoms with Gasteiger partial charge in [-0.15, -0.1) is 0 Å². The quantitative estimate of drug-likeness (QED) is 0.745. The van der Waals surface area contributed by atoms with E-state index in [0.29, 0.717) is 12.2 Å². The van der Waals surface area contributed by atoms with Crippen molar-refractivity contribution in [2.24, 2.45) is 0 Å². The van der Waals surface area contributed by atoms with E-state index >= 15 is 0 Å². The van der Waals surface area contributed by atoms with Crippen molar-refractivity contribution in [3.05, 3.63) is 36.3 Å². The first-order valence-electron chi connectivity index (χ1n) is 6.24. The zero-order chi connectivity index (χ0) is 14.6. The summed E-state index contributed by atoms with van der Waals surface area (Å²) in [6.45, 7) is 4.26. The Morgan fingerprint density at radius 3 is 2.90 bits per heavy atom.